The average molecular weight is 251 g/mol. The third-order valence-corrected chi connectivity index (χ3v) is 4.02. The molecule has 0 atom stereocenters. The van der Waals surface area contributed by atoms with Crippen molar-refractivity contribution in [3.63, 3.8) is 0 Å². The summed E-state index contributed by atoms with van der Waals surface area (Å²) in [4.78, 5) is 0.639. The van der Waals surface area contributed by atoms with E-state index in [9.17, 15) is 0 Å². The Morgan fingerprint density at radius 1 is 1.47 bits per heavy atom. The van der Waals surface area contributed by atoms with Gasteiger partial charge in [-0.2, -0.15) is 5.10 Å². The highest BCUT2D eigenvalue weighted by molar-refractivity contribution is 7.80. The van der Waals surface area contributed by atoms with Gasteiger partial charge in [0, 0.05) is 18.7 Å². The molecule has 0 aromatic carbocycles. The first-order chi connectivity index (χ1) is 7.97. The van der Waals surface area contributed by atoms with Crippen molar-refractivity contribution < 1.29 is 0 Å². The van der Waals surface area contributed by atoms with Crippen LogP contribution in [-0.4, -0.2) is 14.8 Å². The number of aromatic nitrogens is 2. The van der Waals surface area contributed by atoms with Gasteiger partial charge in [0.25, 0.3) is 0 Å². The van der Waals surface area contributed by atoms with Crippen LogP contribution in [0.4, 0.5) is 0 Å². The van der Waals surface area contributed by atoms with E-state index in [1.807, 2.05) is 0 Å². The Balaban J connectivity index is 2.17. The molecule has 1 saturated carbocycles. The van der Waals surface area contributed by atoms with Crippen molar-refractivity contribution in [2.75, 3.05) is 0 Å². The lowest BCUT2D eigenvalue weighted by Gasteiger charge is -2.15. The minimum absolute atomic E-state index is 0.306. The lowest BCUT2D eigenvalue weighted by molar-refractivity contribution is 0.403. The molecule has 2 rings (SSSR count). The van der Waals surface area contributed by atoms with Gasteiger partial charge in [0.1, 0.15) is 0 Å². The summed E-state index contributed by atoms with van der Waals surface area (Å²) in [6.45, 7) is 7.41. The van der Waals surface area contributed by atoms with E-state index in [2.05, 4.69) is 30.6 Å². The van der Waals surface area contributed by atoms with Crippen molar-refractivity contribution in [2.24, 2.45) is 11.1 Å². The molecule has 1 aliphatic rings. The van der Waals surface area contributed by atoms with Gasteiger partial charge in [-0.25, -0.2) is 0 Å². The fraction of sp³-hybridized carbons (Fsp3) is 0.692. The fourth-order valence-electron chi connectivity index (χ4n) is 2.65. The first kappa shape index (κ1) is 12.6. The molecule has 17 heavy (non-hydrogen) atoms. The summed E-state index contributed by atoms with van der Waals surface area (Å²) in [6.07, 6.45) is 4.37. The summed E-state index contributed by atoms with van der Waals surface area (Å²) in [5.41, 5.74) is 9.83. The molecule has 3 nitrogen and oxygen atoms in total. The largest absolute Gasteiger partial charge is 0.393 e. The van der Waals surface area contributed by atoms with Crippen molar-refractivity contribution in [1.29, 1.82) is 0 Å². The zero-order valence-corrected chi connectivity index (χ0v) is 11.7. The number of hydrogen-bond donors (Lipinski definition) is 1. The zero-order chi connectivity index (χ0) is 12.6. The van der Waals surface area contributed by atoms with Crippen molar-refractivity contribution in [3.8, 4) is 0 Å². The summed E-state index contributed by atoms with van der Waals surface area (Å²) in [7, 11) is 0. The number of rotatable bonds is 5. The Bertz CT molecular complexity index is 444. The van der Waals surface area contributed by atoms with E-state index in [1.165, 1.54) is 24.1 Å². The maximum atomic E-state index is 5.67. The maximum Gasteiger partial charge on any atom is 0.0733 e. The summed E-state index contributed by atoms with van der Waals surface area (Å²) in [6, 6.07) is 0. The molecule has 0 bridgehead atoms. The van der Waals surface area contributed by atoms with Crippen LogP contribution in [0.1, 0.15) is 43.1 Å². The highest BCUT2D eigenvalue weighted by Gasteiger charge is 2.43. The van der Waals surface area contributed by atoms with Gasteiger partial charge in [-0.15, -0.1) is 0 Å². The summed E-state index contributed by atoms with van der Waals surface area (Å²) in [5.74, 6) is 0. The molecule has 0 aliphatic heterocycles. The Kier molecular flexibility index (Phi) is 3.25. The minimum atomic E-state index is 0.306. The van der Waals surface area contributed by atoms with Crippen LogP contribution in [-0.2, 0) is 13.0 Å². The van der Waals surface area contributed by atoms with Crippen LogP contribution < -0.4 is 5.73 Å². The molecule has 0 spiro atoms. The molecule has 0 amide bonds. The van der Waals surface area contributed by atoms with Crippen LogP contribution in [0.5, 0.6) is 0 Å². The molecule has 1 aliphatic carbocycles. The standard InChI is InChI=1S/C13H21N3S/c1-4-11-9(2)15-16(10(11)3)8-13(5-6-13)7-12(14)17/h4-8H2,1-3H3,(H2,14,17). The Labute approximate surface area is 108 Å². The number of thiocarbonyl (C=S) groups is 1. The lowest BCUT2D eigenvalue weighted by atomic mass is 10.0. The molecule has 2 N–H and O–H groups in total. The molecule has 0 radical (unpaired) electrons. The molecule has 0 saturated heterocycles. The Hall–Kier alpha value is -0.900. The molecule has 1 heterocycles. The highest BCUT2D eigenvalue weighted by atomic mass is 32.1. The smallest absolute Gasteiger partial charge is 0.0733 e. The van der Waals surface area contributed by atoms with Crippen molar-refractivity contribution >= 4 is 17.2 Å². The Morgan fingerprint density at radius 2 is 2.12 bits per heavy atom. The molecule has 1 aromatic rings. The summed E-state index contributed by atoms with van der Waals surface area (Å²) < 4.78 is 2.15. The normalized spacial score (nSPS) is 17.1. The third-order valence-electron chi connectivity index (χ3n) is 3.88. The van der Waals surface area contributed by atoms with Gasteiger partial charge in [0.15, 0.2) is 0 Å². The molecule has 1 aromatic heterocycles. The van der Waals surface area contributed by atoms with Gasteiger partial charge in [-0.05, 0) is 44.1 Å². The monoisotopic (exact) mass is 251 g/mol. The van der Waals surface area contributed by atoms with Gasteiger partial charge >= 0.3 is 0 Å². The molecule has 1 fully saturated rings. The van der Waals surface area contributed by atoms with Gasteiger partial charge in [0.2, 0.25) is 0 Å². The Morgan fingerprint density at radius 3 is 2.53 bits per heavy atom. The second-order valence-corrected chi connectivity index (χ2v) is 5.83. The summed E-state index contributed by atoms with van der Waals surface area (Å²) in [5, 5.41) is 4.65. The van der Waals surface area contributed by atoms with E-state index in [4.69, 9.17) is 18.0 Å². The van der Waals surface area contributed by atoms with E-state index in [0.717, 1.165) is 25.1 Å². The van der Waals surface area contributed by atoms with Gasteiger partial charge in [0.05, 0.1) is 10.7 Å². The van der Waals surface area contributed by atoms with Crippen LogP contribution in [0.3, 0.4) is 0 Å². The molecule has 0 unspecified atom stereocenters. The molecular weight excluding hydrogens is 230 g/mol. The maximum absolute atomic E-state index is 5.67. The first-order valence-corrected chi connectivity index (χ1v) is 6.69. The SMILES string of the molecule is CCc1c(C)nn(CC2(CC(N)=S)CC2)c1C. The van der Waals surface area contributed by atoms with Crippen molar-refractivity contribution in [3.05, 3.63) is 17.0 Å². The van der Waals surface area contributed by atoms with Crippen LogP contribution >= 0.6 is 12.2 Å². The number of aryl methyl sites for hydroxylation is 1. The molecule has 94 valence electrons. The second-order valence-electron chi connectivity index (χ2n) is 5.30. The van der Waals surface area contributed by atoms with Gasteiger partial charge in [-0.3, -0.25) is 4.68 Å². The van der Waals surface area contributed by atoms with Gasteiger partial charge in [-0.1, -0.05) is 19.1 Å². The van der Waals surface area contributed by atoms with Crippen LogP contribution in [0, 0.1) is 19.3 Å². The van der Waals surface area contributed by atoms with Crippen molar-refractivity contribution in [1.82, 2.24) is 9.78 Å². The topological polar surface area (TPSA) is 43.8 Å². The third kappa shape index (κ3) is 2.51. The van der Waals surface area contributed by atoms with E-state index >= 15 is 0 Å². The molecular formula is C13H21N3S. The minimum Gasteiger partial charge on any atom is -0.393 e. The first-order valence-electron chi connectivity index (χ1n) is 6.28. The average Bonchev–Trinajstić information content (AvgIpc) is 2.90. The van der Waals surface area contributed by atoms with Crippen molar-refractivity contribution in [2.45, 2.75) is 53.0 Å². The second kappa shape index (κ2) is 4.41. The predicted molar refractivity (Wildman–Crippen MR) is 74.1 cm³/mol. The van der Waals surface area contributed by atoms with Crippen LogP contribution in [0.2, 0.25) is 0 Å². The fourth-order valence-corrected chi connectivity index (χ4v) is 2.96. The van der Waals surface area contributed by atoms with E-state index in [0.29, 0.717) is 10.4 Å². The van der Waals surface area contributed by atoms with Gasteiger partial charge < -0.3 is 5.73 Å². The molecule has 4 heteroatoms. The van der Waals surface area contributed by atoms with E-state index < -0.39 is 0 Å². The number of nitrogens with zero attached hydrogens (tertiary/aromatic N) is 2. The quantitative estimate of drug-likeness (QED) is 0.818. The predicted octanol–water partition coefficient (Wildman–Crippen LogP) is 2.52. The van der Waals surface area contributed by atoms with E-state index in [1.54, 1.807) is 0 Å². The lowest BCUT2D eigenvalue weighted by Crippen LogP contribution is -2.21. The zero-order valence-electron chi connectivity index (χ0n) is 10.9. The highest BCUT2D eigenvalue weighted by Crippen LogP contribution is 2.50. The summed E-state index contributed by atoms with van der Waals surface area (Å²) >= 11 is 5.03. The van der Waals surface area contributed by atoms with Crippen LogP contribution in [0.25, 0.3) is 0 Å². The number of nitrogens with two attached hydrogens (primary N) is 1. The number of hydrogen-bond acceptors (Lipinski definition) is 2. The van der Waals surface area contributed by atoms with E-state index in [-0.39, 0.29) is 0 Å². The van der Waals surface area contributed by atoms with Crippen LogP contribution in [0.15, 0.2) is 0 Å².